The SMILES string of the molecule is CC#CC(O)NC1CCC(n2cc(-c3ccc(Oc4ccccc4F)cc3)c3c(N)n[nH]c(=O)c32)CC1. The fourth-order valence-corrected chi connectivity index (χ4v) is 5.02. The van der Waals surface area contributed by atoms with E-state index in [4.69, 9.17) is 10.5 Å². The van der Waals surface area contributed by atoms with Crippen molar-refractivity contribution in [2.45, 2.75) is 50.9 Å². The molecule has 1 aliphatic carbocycles. The number of aliphatic hydroxyl groups excluding tert-OH is 1. The number of nitrogen functional groups attached to an aromatic ring is 1. The molecule has 1 fully saturated rings. The molecule has 1 saturated carbocycles. The van der Waals surface area contributed by atoms with Gasteiger partial charge in [0.15, 0.2) is 23.6 Å². The number of H-pyrrole nitrogens is 1. The molecule has 0 saturated heterocycles. The van der Waals surface area contributed by atoms with Crippen LogP contribution in [0.25, 0.3) is 22.0 Å². The number of ether oxygens (including phenoxy) is 1. The first-order valence-corrected chi connectivity index (χ1v) is 12.2. The minimum atomic E-state index is -0.843. The van der Waals surface area contributed by atoms with E-state index in [2.05, 4.69) is 27.4 Å². The lowest BCUT2D eigenvalue weighted by Crippen LogP contribution is -2.40. The molecule has 0 aliphatic heterocycles. The Hall–Kier alpha value is -4.13. The third-order valence-electron chi connectivity index (χ3n) is 6.78. The molecule has 0 radical (unpaired) electrons. The van der Waals surface area contributed by atoms with Gasteiger partial charge < -0.3 is 20.1 Å². The van der Waals surface area contributed by atoms with Gasteiger partial charge in [0.25, 0.3) is 5.56 Å². The van der Waals surface area contributed by atoms with E-state index in [0.717, 1.165) is 36.8 Å². The third kappa shape index (κ3) is 5.07. The monoisotopic (exact) mass is 501 g/mol. The summed E-state index contributed by atoms with van der Waals surface area (Å²) < 4.78 is 21.7. The zero-order chi connectivity index (χ0) is 25.9. The van der Waals surface area contributed by atoms with Crippen molar-refractivity contribution >= 4 is 16.7 Å². The van der Waals surface area contributed by atoms with Crippen LogP contribution in [0.15, 0.2) is 59.5 Å². The van der Waals surface area contributed by atoms with Crippen LogP contribution in [0.5, 0.6) is 11.5 Å². The average molecular weight is 502 g/mol. The summed E-state index contributed by atoms with van der Waals surface area (Å²) in [7, 11) is 0. The summed E-state index contributed by atoms with van der Waals surface area (Å²) in [5, 5.41) is 20.2. The second-order valence-corrected chi connectivity index (χ2v) is 9.14. The van der Waals surface area contributed by atoms with E-state index in [-0.39, 0.29) is 29.2 Å². The van der Waals surface area contributed by atoms with Crippen molar-refractivity contribution < 1.29 is 14.2 Å². The fraction of sp³-hybridized carbons (Fsp3) is 0.286. The minimum Gasteiger partial charge on any atom is -0.454 e. The van der Waals surface area contributed by atoms with E-state index in [1.165, 1.54) is 6.07 Å². The number of nitrogens with one attached hydrogen (secondary N) is 2. The number of halogens is 1. The molecule has 37 heavy (non-hydrogen) atoms. The Labute approximate surface area is 213 Å². The van der Waals surface area contributed by atoms with Gasteiger partial charge in [-0.1, -0.05) is 30.2 Å². The smallest absolute Gasteiger partial charge is 0.288 e. The summed E-state index contributed by atoms with van der Waals surface area (Å²) >= 11 is 0. The van der Waals surface area contributed by atoms with Gasteiger partial charge in [-0.25, -0.2) is 9.49 Å². The summed E-state index contributed by atoms with van der Waals surface area (Å²) in [4.78, 5) is 12.9. The Morgan fingerprint density at radius 2 is 1.92 bits per heavy atom. The number of anilines is 1. The first-order valence-electron chi connectivity index (χ1n) is 12.2. The lowest BCUT2D eigenvalue weighted by atomic mass is 9.91. The summed E-state index contributed by atoms with van der Waals surface area (Å²) in [5.41, 5.74) is 8.06. The normalized spacial score (nSPS) is 18.2. The molecular formula is C28H28FN5O3. The summed E-state index contributed by atoms with van der Waals surface area (Å²) in [5.74, 6) is 5.86. The minimum absolute atomic E-state index is 0.0928. The van der Waals surface area contributed by atoms with Crippen LogP contribution in [0.4, 0.5) is 10.2 Å². The third-order valence-corrected chi connectivity index (χ3v) is 6.78. The number of nitrogens with two attached hydrogens (primary N) is 1. The first-order chi connectivity index (χ1) is 17.9. The second kappa shape index (κ2) is 10.5. The molecule has 5 rings (SSSR count). The highest BCUT2D eigenvalue weighted by molar-refractivity contribution is 6.02. The van der Waals surface area contributed by atoms with Crippen LogP contribution < -0.4 is 21.3 Å². The highest BCUT2D eigenvalue weighted by atomic mass is 19.1. The van der Waals surface area contributed by atoms with Gasteiger partial charge in [0.1, 0.15) is 11.3 Å². The lowest BCUT2D eigenvalue weighted by Gasteiger charge is -2.31. The van der Waals surface area contributed by atoms with Crippen molar-refractivity contribution in [3.05, 3.63) is 70.9 Å². The lowest BCUT2D eigenvalue weighted by molar-refractivity contribution is 0.156. The highest BCUT2D eigenvalue weighted by Crippen LogP contribution is 2.38. The van der Waals surface area contributed by atoms with Crippen LogP contribution in [0.2, 0.25) is 0 Å². The van der Waals surface area contributed by atoms with Crippen molar-refractivity contribution in [3.63, 3.8) is 0 Å². The quantitative estimate of drug-likeness (QED) is 0.231. The second-order valence-electron chi connectivity index (χ2n) is 9.14. The number of hydrogen-bond donors (Lipinski definition) is 4. The Balaban J connectivity index is 1.44. The molecule has 1 aliphatic rings. The average Bonchev–Trinajstić information content (AvgIpc) is 3.31. The van der Waals surface area contributed by atoms with E-state index >= 15 is 0 Å². The number of nitrogens with zero attached hydrogens (tertiary/aromatic N) is 2. The zero-order valence-corrected chi connectivity index (χ0v) is 20.4. The molecule has 8 nitrogen and oxygen atoms in total. The maximum absolute atomic E-state index is 14.0. The molecule has 9 heteroatoms. The molecule has 0 bridgehead atoms. The number of rotatable bonds is 6. The largest absolute Gasteiger partial charge is 0.454 e. The topological polar surface area (TPSA) is 118 Å². The van der Waals surface area contributed by atoms with Gasteiger partial charge in [-0.15, -0.1) is 5.92 Å². The molecule has 1 atom stereocenters. The van der Waals surface area contributed by atoms with Crippen molar-refractivity contribution in [3.8, 4) is 34.5 Å². The van der Waals surface area contributed by atoms with Crippen molar-refractivity contribution in [1.82, 2.24) is 20.1 Å². The highest BCUT2D eigenvalue weighted by Gasteiger charge is 2.27. The van der Waals surface area contributed by atoms with Crippen LogP contribution >= 0.6 is 0 Å². The number of benzene rings is 2. The predicted octanol–water partition coefficient (Wildman–Crippen LogP) is 4.32. The molecule has 2 heterocycles. The van der Waals surface area contributed by atoms with Gasteiger partial charge in [-0.05, 0) is 62.4 Å². The Morgan fingerprint density at radius 3 is 2.62 bits per heavy atom. The molecule has 2 aromatic carbocycles. The molecule has 5 N–H and O–H groups in total. The van der Waals surface area contributed by atoms with E-state index in [1.807, 2.05) is 22.9 Å². The number of hydrogen-bond acceptors (Lipinski definition) is 6. The number of aromatic nitrogens is 3. The van der Waals surface area contributed by atoms with Crippen LogP contribution in [0, 0.1) is 17.7 Å². The first kappa shape index (κ1) is 24.6. The number of fused-ring (bicyclic) bond motifs is 1. The van der Waals surface area contributed by atoms with Crippen molar-refractivity contribution in [2.75, 3.05) is 5.73 Å². The molecule has 2 aromatic heterocycles. The van der Waals surface area contributed by atoms with Gasteiger partial charge in [-0.2, -0.15) is 5.10 Å². The molecule has 190 valence electrons. The zero-order valence-electron chi connectivity index (χ0n) is 20.4. The van der Waals surface area contributed by atoms with E-state index in [9.17, 15) is 14.3 Å². The number of para-hydroxylation sites is 1. The van der Waals surface area contributed by atoms with Gasteiger partial charge in [-0.3, -0.25) is 10.1 Å². The molecule has 0 amide bonds. The van der Waals surface area contributed by atoms with Crippen molar-refractivity contribution in [2.24, 2.45) is 0 Å². The molecular weight excluding hydrogens is 473 g/mol. The predicted molar refractivity (Wildman–Crippen MR) is 141 cm³/mol. The number of aromatic amines is 1. The van der Waals surface area contributed by atoms with Gasteiger partial charge >= 0.3 is 0 Å². The molecule has 4 aromatic rings. The van der Waals surface area contributed by atoms with Gasteiger partial charge in [0.05, 0.1) is 5.39 Å². The van der Waals surface area contributed by atoms with Crippen LogP contribution in [0.3, 0.4) is 0 Å². The summed E-state index contributed by atoms with van der Waals surface area (Å²) in [6, 6.07) is 13.7. The standard InChI is InChI=1S/C28H28FN5O3/c1-2-5-24(35)31-18-10-12-19(13-11-18)34-16-21(25-26(34)28(36)33-32-27(25)30)17-8-14-20(15-9-17)37-23-7-4-3-6-22(23)29/h3-4,6-9,14-16,18-19,24,31,35H,10-13H2,1H3,(H2,30,32)(H,33,36). The maximum Gasteiger partial charge on any atom is 0.288 e. The number of aliphatic hydroxyl groups is 1. The van der Waals surface area contributed by atoms with Crippen molar-refractivity contribution in [1.29, 1.82) is 0 Å². The Kier molecular flexibility index (Phi) is 6.95. The molecule has 1 unspecified atom stereocenters. The van der Waals surface area contributed by atoms with Gasteiger partial charge in [0.2, 0.25) is 0 Å². The fourth-order valence-electron chi connectivity index (χ4n) is 5.02. The Morgan fingerprint density at radius 1 is 1.19 bits per heavy atom. The summed E-state index contributed by atoms with van der Waals surface area (Å²) in [6.07, 6.45) is 4.44. The molecule has 0 spiro atoms. The van der Waals surface area contributed by atoms with E-state index in [1.54, 1.807) is 37.3 Å². The van der Waals surface area contributed by atoms with E-state index in [0.29, 0.717) is 16.7 Å². The van der Waals surface area contributed by atoms with Crippen LogP contribution in [0.1, 0.15) is 38.6 Å². The van der Waals surface area contributed by atoms with Crippen LogP contribution in [-0.4, -0.2) is 32.1 Å². The Bertz CT molecular complexity index is 1530. The maximum atomic E-state index is 14.0. The van der Waals surface area contributed by atoms with E-state index < -0.39 is 12.0 Å². The summed E-state index contributed by atoms with van der Waals surface area (Å²) in [6.45, 7) is 1.69. The van der Waals surface area contributed by atoms with Gasteiger partial charge in [0, 0.05) is 23.8 Å². The van der Waals surface area contributed by atoms with Crippen LogP contribution in [-0.2, 0) is 0 Å².